The number of rotatable bonds is 5. The quantitative estimate of drug-likeness (QED) is 0.847. The van der Waals surface area contributed by atoms with Crippen LogP contribution in [0.2, 0.25) is 5.02 Å². The molecule has 1 atom stereocenters. The molecule has 1 aromatic carbocycles. The highest BCUT2D eigenvalue weighted by molar-refractivity contribution is 7.89. The molecule has 1 N–H and O–H groups in total. The Morgan fingerprint density at radius 2 is 1.83 bits per heavy atom. The minimum absolute atomic E-state index is 0.0277. The van der Waals surface area contributed by atoms with E-state index in [0.717, 1.165) is 12.8 Å². The second-order valence-corrected chi connectivity index (χ2v) is 8.64. The van der Waals surface area contributed by atoms with E-state index in [4.69, 9.17) is 11.6 Å². The topological polar surface area (TPSA) is 69.7 Å². The van der Waals surface area contributed by atoms with Gasteiger partial charge in [-0.2, -0.15) is 4.31 Å². The molecule has 24 heavy (non-hydrogen) atoms. The molecular formula is C16H22ClN3O3S. The van der Waals surface area contributed by atoms with Crippen molar-refractivity contribution in [1.82, 2.24) is 14.5 Å². The molecule has 2 fully saturated rings. The molecule has 0 radical (unpaired) electrons. The predicted molar refractivity (Wildman–Crippen MR) is 92.4 cm³/mol. The summed E-state index contributed by atoms with van der Waals surface area (Å²) in [6, 6.07) is 6.57. The van der Waals surface area contributed by atoms with E-state index in [1.165, 1.54) is 10.4 Å². The van der Waals surface area contributed by atoms with Gasteiger partial charge in [-0.25, -0.2) is 8.42 Å². The van der Waals surface area contributed by atoms with Crippen molar-refractivity contribution in [2.45, 2.75) is 36.7 Å². The lowest BCUT2D eigenvalue weighted by atomic mass is 10.2. The Morgan fingerprint density at radius 1 is 1.21 bits per heavy atom. The smallest absolute Gasteiger partial charge is 0.244 e. The van der Waals surface area contributed by atoms with Crippen LogP contribution in [0.25, 0.3) is 0 Å². The molecule has 1 saturated heterocycles. The van der Waals surface area contributed by atoms with Crippen molar-refractivity contribution in [1.29, 1.82) is 0 Å². The Hall–Kier alpha value is -1.15. The third kappa shape index (κ3) is 3.74. The van der Waals surface area contributed by atoms with Gasteiger partial charge in [-0.15, -0.1) is 0 Å². The molecule has 1 saturated carbocycles. The maximum absolute atomic E-state index is 12.7. The van der Waals surface area contributed by atoms with Gasteiger partial charge >= 0.3 is 0 Å². The number of hydrogen-bond acceptors (Lipinski definition) is 4. The first kappa shape index (κ1) is 17.7. The van der Waals surface area contributed by atoms with Gasteiger partial charge in [0.2, 0.25) is 15.9 Å². The van der Waals surface area contributed by atoms with Crippen molar-refractivity contribution in [2.24, 2.45) is 0 Å². The summed E-state index contributed by atoms with van der Waals surface area (Å²) in [5.41, 5.74) is 0. The Bertz CT molecular complexity index is 713. The molecule has 8 heteroatoms. The summed E-state index contributed by atoms with van der Waals surface area (Å²) in [6.45, 7) is 3.64. The van der Waals surface area contributed by atoms with Crippen LogP contribution in [0.5, 0.6) is 0 Å². The van der Waals surface area contributed by atoms with Crippen LogP contribution < -0.4 is 5.32 Å². The van der Waals surface area contributed by atoms with E-state index in [0.29, 0.717) is 32.2 Å². The zero-order chi connectivity index (χ0) is 17.3. The van der Waals surface area contributed by atoms with Crippen LogP contribution in [-0.2, 0) is 14.8 Å². The van der Waals surface area contributed by atoms with Gasteiger partial charge in [-0.1, -0.05) is 23.7 Å². The fourth-order valence-electron chi connectivity index (χ4n) is 2.84. The summed E-state index contributed by atoms with van der Waals surface area (Å²) >= 11 is 6.03. The van der Waals surface area contributed by atoms with Crippen molar-refractivity contribution < 1.29 is 13.2 Å². The van der Waals surface area contributed by atoms with Gasteiger partial charge in [0.1, 0.15) is 4.90 Å². The number of piperazine rings is 1. The van der Waals surface area contributed by atoms with Crippen molar-refractivity contribution in [3.8, 4) is 0 Å². The average Bonchev–Trinajstić information content (AvgIpc) is 3.38. The monoisotopic (exact) mass is 371 g/mol. The molecule has 0 bridgehead atoms. The first-order chi connectivity index (χ1) is 11.4. The van der Waals surface area contributed by atoms with E-state index in [2.05, 4.69) is 5.32 Å². The molecule has 132 valence electrons. The average molecular weight is 372 g/mol. The standard InChI is InChI=1S/C16H22ClN3O3S/c1-12(16(21)18-13-6-7-13)19-8-10-20(11-9-19)24(22,23)15-5-3-2-4-14(15)17/h2-5,12-13H,6-11H2,1H3,(H,18,21)/t12-/m1/s1. The Kier molecular flexibility index (Phi) is 5.15. The highest BCUT2D eigenvalue weighted by Crippen LogP contribution is 2.25. The van der Waals surface area contributed by atoms with Gasteiger partial charge in [-0.05, 0) is 31.9 Å². The van der Waals surface area contributed by atoms with E-state index < -0.39 is 10.0 Å². The third-order valence-electron chi connectivity index (χ3n) is 4.58. The van der Waals surface area contributed by atoms with E-state index in [1.807, 2.05) is 11.8 Å². The summed E-state index contributed by atoms with van der Waals surface area (Å²) in [7, 11) is -3.60. The molecule has 0 aromatic heterocycles. The Labute approximate surface area is 147 Å². The molecule has 1 aromatic rings. The number of hydrogen-bond donors (Lipinski definition) is 1. The second kappa shape index (κ2) is 7.00. The van der Waals surface area contributed by atoms with Crippen LogP contribution in [-0.4, -0.2) is 61.8 Å². The van der Waals surface area contributed by atoms with E-state index in [1.54, 1.807) is 18.2 Å². The zero-order valence-electron chi connectivity index (χ0n) is 13.6. The molecule has 0 spiro atoms. The predicted octanol–water partition coefficient (Wildman–Crippen LogP) is 1.31. The number of sulfonamides is 1. The minimum Gasteiger partial charge on any atom is -0.352 e. The number of benzene rings is 1. The third-order valence-corrected chi connectivity index (χ3v) is 6.98. The number of halogens is 1. The highest BCUT2D eigenvalue weighted by atomic mass is 35.5. The number of carbonyl (C=O) groups excluding carboxylic acids is 1. The molecule has 0 unspecified atom stereocenters. The first-order valence-electron chi connectivity index (χ1n) is 8.18. The molecule has 1 heterocycles. The van der Waals surface area contributed by atoms with Gasteiger partial charge in [0, 0.05) is 32.2 Å². The summed E-state index contributed by atoms with van der Waals surface area (Å²) in [5, 5.41) is 3.23. The van der Waals surface area contributed by atoms with Crippen molar-refractivity contribution in [3.05, 3.63) is 29.3 Å². The molecule has 1 aliphatic heterocycles. The van der Waals surface area contributed by atoms with Gasteiger partial charge in [0.15, 0.2) is 0 Å². The minimum atomic E-state index is -3.60. The van der Waals surface area contributed by atoms with Crippen molar-refractivity contribution in [2.75, 3.05) is 26.2 Å². The number of nitrogens with one attached hydrogen (secondary N) is 1. The lowest BCUT2D eigenvalue weighted by Gasteiger charge is -2.36. The highest BCUT2D eigenvalue weighted by Gasteiger charge is 2.34. The van der Waals surface area contributed by atoms with Crippen LogP contribution in [0.3, 0.4) is 0 Å². The van der Waals surface area contributed by atoms with Crippen molar-refractivity contribution in [3.63, 3.8) is 0 Å². The Balaban J connectivity index is 1.62. The van der Waals surface area contributed by atoms with Gasteiger partial charge in [0.25, 0.3) is 0 Å². The lowest BCUT2D eigenvalue weighted by Crippen LogP contribution is -2.55. The summed E-state index contributed by atoms with van der Waals surface area (Å²) in [5.74, 6) is 0.0277. The number of nitrogens with zero attached hydrogens (tertiary/aromatic N) is 2. The Morgan fingerprint density at radius 3 is 2.42 bits per heavy atom. The van der Waals surface area contributed by atoms with Gasteiger partial charge in [0.05, 0.1) is 11.1 Å². The fourth-order valence-corrected chi connectivity index (χ4v) is 4.75. The van der Waals surface area contributed by atoms with Gasteiger partial charge < -0.3 is 5.32 Å². The summed E-state index contributed by atoms with van der Waals surface area (Å²) < 4.78 is 26.9. The summed E-state index contributed by atoms with van der Waals surface area (Å²) in [4.78, 5) is 14.3. The maximum Gasteiger partial charge on any atom is 0.244 e. The van der Waals surface area contributed by atoms with Crippen LogP contribution in [0.4, 0.5) is 0 Å². The van der Waals surface area contributed by atoms with Crippen LogP contribution in [0, 0.1) is 0 Å². The van der Waals surface area contributed by atoms with Crippen molar-refractivity contribution >= 4 is 27.5 Å². The van der Waals surface area contributed by atoms with E-state index >= 15 is 0 Å². The zero-order valence-corrected chi connectivity index (χ0v) is 15.2. The maximum atomic E-state index is 12.7. The molecule has 3 rings (SSSR count). The number of carbonyl (C=O) groups is 1. The molecule has 1 aliphatic carbocycles. The second-order valence-electron chi connectivity index (χ2n) is 6.33. The molecule has 6 nitrogen and oxygen atoms in total. The lowest BCUT2D eigenvalue weighted by molar-refractivity contribution is -0.126. The summed E-state index contributed by atoms with van der Waals surface area (Å²) in [6.07, 6.45) is 2.12. The van der Waals surface area contributed by atoms with Gasteiger partial charge in [-0.3, -0.25) is 9.69 Å². The van der Waals surface area contributed by atoms with Crippen LogP contribution in [0.1, 0.15) is 19.8 Å². The number of amides is 1. The normalized spacial score (nSPS) is 21.4. The van der Waals surface area contributed by atoms with E-state index in [-0.39, 0.29) is 21.9 Å². The first-order valence-corrected chi connectivity index (χ1v) is 10.0. The van der Waals surface area contributed by atoms with E-state index in [9.17, 15) is 13.2 Å². The molecule has 2 aliphatic rings. The van der Waals surface area contributed by atoms with Crippen LogP contribution in [0.15, 0.2) is 29.2 Å². The van der Waals surface area contributed by atoms with Crippen LogP contribution >= 0.6 is 11.6 Å². The largest absolute Gasteiger partial charge is 0.352 e. The SMILES string of the molecule is C[C@H](C(=O)NC1CC1)N1CCN(S(=O)(=O)c2ccccc2Cl)CC1. The fraction of sp³-hybridized carbons (Fsp3) is 0.562. The molecule has 1 amide bonds. The molecular weight excluding hydrogens is 350 g/mol.